The van der Waals surface area contributed by atoms with Crippen LogP contribution < -0.4 is 16.0 Å². The normalized spacial score (nSPS) is 17.3. The summed E-state index contributed by atoms with van der Waals surface area (Å²) in [5.41, 5.74) is 7.56. The van der Waals surface area contributed by atoms with Crippen LogP contribution in [0, 0.1) is 12.8 Å². The number of primary amides is 1. The molecule has 0 saturated heterocycles. The van der Waals surface area contributed by atoms with Crippen LogP contribution in [0.3, 0.4) is 0 Å². The van der Waals surface area contributed by atoms with Gasteiger partial charge in [-0.2, -0.15) is 0 Å². The fraction of sp³-hybridized carbons (Fsp3) is 0.588. The number of nitrogens with two attached hydrogens (primary N) is 1. The summed E-state index contributed by atoms with van der Waals surface area (Å²) in [6.45, 7) is 8.49. The zero-order valence-electron chi connectivity index (χ0n) is 13.4. The average Bonchev–Trinajstić information content (AvgIpc) is 3.28. The number of benzene rings is 1. The SMILES string of the molecule is CCNC(CN(CC)c1cccc(C)c1)(C(N)=O)C1CC1. The lowest BCUT2D eigenvalue weighted by Crippen LogP contribution is -2.63. The molecular weight excluding hydrogens is 262 g/mol. The van der Waals surface area contributed by atoms with Gasteiger partial charge in [0.2, 0.25) is 5.91 Å². The molecule has 1 aliphatic carbocycles. The second kappa shape index (κ2) is 6.48. The van der Waals surface area contributed by atoms with E-state index in [1.807, 2.05) is 6.92 Å². The number of anilines is 1. The molecule has 0 spiro atoms. The molecule has 116 valence electrons. The molecule has 1 saturated carbocycles. The Kier molecular flexibility index (Phi) is 4.88. The summed E-state index contributed by atoms with van der Waals surface area (Å²) >= 11 is 0. The van der Waals surface area contributed by atoms with E-state index in [0.29, 0.717) is 12.5 Å². The molecule has 1 unspecified atom stereocenters. The number of carbonyl (C=O) groups is 1. The van der Waals surface area contributed by atoms with Crippen LogP contribution >= 0.6 is 0 Å². The van der Waals surface area contributed by atoms with Crippen LogP contribution in [-0.2, 0) is 4.79 Å². The summed E-state index contributed by atoms with van der Waals surface area (Å²) < 4.78 is 0. The molecule has 1 fully saturated rings. The summed E-state index contributed by atoms with van der Waals surface area (Å²) in [5.74, 6) is 0.145. The minimum atomic E-state index is -0.603. The van der Waals surface area contributed by atoms with E-state index in [1.54, 1.807) is 0 Å². The second-order valence-electron chi connectivity index (χ2n) is 5.99. The number of hydrogen-bond acceptors (Lipinski definition) is 3. The zero-order valence-corrected chi connectivity index (χ0v) is 13.4. The minimum Gasteiger partial charge on any atom is -0.369 e. The number of nitrogens with one attached hydrogen (secondary N) is 1. The first-order valence-electron chi connectivity index (χ1n) is 7.90. The number of rotatable bonds is 8. The largest absolute Gasteiger partial charge is 0.369 e. The fourth-order valence-corrected chi connectivity index (χ4v) is 3.10. The smallest absolute Gasteiger partial charge is 0.239 e. The van der Waals surface area contributed by atoms with Gasteiger partial charge >= 0.3 is 0 Å². The van der Waals surface area contributed by atoms with E-state index in [1.165, 1.54) is 5.56 Å². The minimum absolute atomic E-state index is 0.224. The third-order valence-corrected chi connectivity index (χ3v) is 4.39. The quantitative estimate of drug-likeness (QED) is 0.770. The first kappa shape index (κ1) is 15.8. The molecule has 2 rings (SSSR count). The van der Waals surface area contributed by atoms with Crippen molar-refractivity contribution < 1.29 is 4.79 Å². The van der Waals surface area contributed by atoms with Crippen molar-refractivity contribution in [2.75, 3.05) is 24.5 Å². The van der Waals surface area contributed by atoms with Crippen LogP contribution in [-0.4, -0.2) is 31.1 Å². The van der Waals surface area contributed by atoms with E-state index in [9.17, 15) is 4.79 Å². The van der Waals surface area contributed by atoms with Crippen molar-refractivity contribution in [3.05, 3.63) is 29.8 Å². The molecule has 1 amide bonds. The lowest BCUT2D eigenvalue weighted by atomic mass is 9.91. The van der Waals surface area contributed by atoms with E-state index < -0.39 is 5.54 Å². The van der Waals surface area contributed by atoms with Crippen molar-refractivity contribution in [3.63, 3.8) is 0 Å². The van der Waals surface area contributed by atoms with Crippen LogP contribution in [0.2, 0.25) is 0 Å². The predicted molar refractivity (Wildman–Crippen MR) is 87.4 cm³/mol. The third-order valence-electron chi connectivity index (χ3n) is 4.39. The Morgan fingerprint density at radius 3 is 2.62 bits per heavy atom. The van der Waals surface area contributed by atoms with Gasteiger partial charge in [0.25, 0.3) is 0 Å². The Labute approximate surface area is 127 Å². The number of nitrogens with zero attached hydrogens (tertiary/aromatic N) is 1. The average molecular weight is 289 g/mol. The molecule has 3 N–H and O–H groups in total. The van der Waals surface area contributed by atoms with Crippen molar-refractivity contribution in [3.8, 4) is 0 Å². The van der Waals surface area contributed by atoms with E-state index in [4.69, 9.17) is 5.73 Å². The molecule has 0 bridgehead atoms. The van der Waals surface area contributed by atoms with Crippen molar-refractivity contribution in [2.45, 2.75) is 39.2 Å². The molecule has 4 heteroatoms. The maximum absolute atomic E-state index is 12.2. The molecule has 1 aliphatic rings. The number of likely N-dealkylation sites (N-methyl/N-ethyl adjacent to an activating group) is 2. The predicted octanol–water partition coefficient (Wildman–Crippen LogP) is 2.06. The summed E-state index contributed by atoms with van der Waals surface area (Å²) in [4.78, 5) is 14.4. The number of amides is 1. The molecule has 0 heterocycles. The van der Waals surface area contributed by atoms with Gasteiger partial charge in [0.15, 0.2) is 0 Å². The maximum Gasteiger partial charge on any atom is 0.239 e. The van der Waals surface area contributed by atoms with Gasteiger partial charge in [0, 0.05) is 18.8 Å². The van der Waals surface area contributed by atoms with Crippen LogP contribution in [0.1, 0.15) is 32.3 Å². The van der Waals surface area contributed by atoms with Gasteiger partial charge in [-0.25, -0.2) is 0 Å². The Morgan fingerprint density at radius 2 is 2.14 bits per heavy atom. The first-order valence-corrected chi connectivity index (χ1v) is 7.90. The number of hydrogen-bond donors (Lipinski definition) is 2. The monoisotopic (exact) mass is 289 g/mol. The number of aryl methyl sites for hydroxylation is 1. The highest BCUT2D eigenvalue weighted by molar-refractivity contribution is 5.86. The Bertz CT molecular complexity index is 499. The lowest BCUT2D eigenvalue weighted by molar-refractivity contribution is -0.125. The summed E-state index contributed by atoms with van der Waals surface area (Å²) in [7, 11) is 0. The zero-order chi connectivity index (χ0) is 15.5. The highest BCUT2D eigenvalue weighted by atomic mass is 16.1. The fourth-order valence-electron chi connectivity index (χ4n) is 3.10. The Morgan fingerprint density at radius 1 is 1.43 bits per heavy atom. The van der Waals surface area contributed by atoms with Gasteiger partial charge in [-0.3, -0.25) is 4.79 Å². The third kappa shape index (κ3) is 3.38. The second-order valence-corrected chi connectivity index (χ2v) is 5.99. The topological polar surface area (TPSA) is 58.4 Å². The van der Waals surface area contributed by atoms with Crippen LogP contribution in [0.4, 0.5) is 5.69 Å². The number of carbonyl (C=O) groups excluding carboxylic acids is 1. The van der Waals surface area contributed by atoms with Gasteiger partial charge in [-0.05, 0) is 56.8 Å². The van der Waals surface area contributed by atoms with Gasteiger partial charge in [0.1, 0.15) is 5.54 Å². The molecule has 0 aliphatic heterocycles. The van der Waals surface area contributed by atoms with E-state index in [0.717, 1.165) is 31.6 Å². The summed E-state index contributed by atoms with van der Waals surface area (Å²) in [6, 6.07) is 8.41. The molecule has 1 atom stereocenters. The molecule has 21 heavy (non-hydrogen) atoms. The maximum atomic E-state index is 12.2. The first-order chi connectivity index (χ1) is 10.0. The molecule has 1 aromatic rings. The highest BCUT2D eigenvalue weighted by Gasteiger charge is 2.50. The van der Waals surface area contributed by atoms with Crippen LogP contribution in [0.5, 0.6) is 0 Å². The van der Waals surface area contributed by atoms with Gasteiger partial charge in [-0.1, -0.05) is 19.1 Å². The summed E-state index contributed by atoms with van der Waals surface area (Å²) in [5, 5.41) is 3.39. The van der Waals surface area contributed by atoms with E-state index >= 15 is 0 Å². The molecule has 0 radical (unpaired) electrons. The summed E-state index contributed by atoms with van der Waals surface area (Å²) in [6.07, 6.45) is 2.17. The van der Waals surface area contributed by atoms with E-state index in [2.05, 4.69) is 48.3 Å². The highest BCUT2D eigenvalue weighted by Crippen LogP contribution is 2.40. The molecule has 1 aromatic carbocycles. The molecular formula is C17H27N3O. The van der Waals surface area contributed by atoms with E-state index in [-0.39, 0.29) is 5.91 Å². The van der Waals surface area contributed by atoms with Gasteiger partial charge in [0.05, 0.1) is 0 Å². The molecule has 0 aromatic heterocycles. The van der Waals surface area contributed by atoms with Gasteiger partial charge in [-0.15, -0.1) is 0 Å². The van der Waals surface area contributed by atoms with Crippen molar-refractivity contribution in [1.82, 2.24) is 5.32 Å². The van der Waals surface area contributed by atoms with Crippen molar-refractivity contribution in [2.24, 2.45) is 11.7 Å². The van der Waals surface area contributed by atoms with Crippen molar-refractivity contribution >= 4 is 11.6 Å². The molecule has 4 nitrogen and oxygen atoms in total. The van der Waals surface area contributed by atoms with Crippen LogP contribution in [0.15, 0.2) is 24.3 Å². The van der Waals surface area contributed by atoms with Gasteiger partial charge < -0.3 is 16.0 Å². The van der Waals surface area contributed by atoms with Crippen LogP contribution in [0.25, 0.3) is 0 Å². The van der Waals surface area contributed by atoms with Crippen molar-refractivity contribution in [1.29, 1.82) is 0 Å². The lowest BCUT2D eigenvalue weighted by Gasteiger charge is -2.38. The standard InChI is InChI=1S/C17H27N3O/c1-4-19-17(16(18)21,14-9-10-14)12-20(5-2)15-8-6-7-13(3)11-15/h6-8,11,14,19H,4-5,9-10,12H2,1-3H3,(H2,18,21). The Balaban J connectivity index is 2.26. The Hall–Kier alpha value is -1.55.